The van der Waals surface area contributed by atoms with Gasteiger partial charge in [0.1, 0.15) is 0 Å². The number of hydrogen-bond donors (Lipinski definition) is 2. The Kier molecular flexibility index (Phi) is 6.14. The molecule has 1 aliphatic carbocycles. The summed E-state index contributed by atoms with van der Waals surface area (Å²) < 4.78 is 33.8. The van der Waals surface area contributed by atoms with Crippen LogP contribution in [0.4, 0.5) is 0 Å². The van der Waals surface area contributed by atoms with Gasteiger partial charge in [0.15, 0.2) is 0 Å². The maximum Gasteiger partial charge on any atom is 0.209 e. The largest absolute Gasteiger partial charge is 0.377 e. The summed E-state index contributed by atoms with van der Waals surface area (Å²) in [5.41, 5.74) is 1.19. The molecule has 0 aromatic carbocycles. The molecule has 1 aliphatic heterocycles. The quantitative estimate of drug-likeness (QED) is 0.784. The van der Waals surface area contributed by atoms with Gasteiger partial charge in [-0.05, 0) is 51.1 Å². The molecule has 2 aliphatic rings. The van der Waals surface area contributed by atoms with Crippen molar-refractivity contribution in [3.63, 3.8) is 0 Å². The lowest BCUT2D eigenvalue weighted by Crippen LogP contribution is -2.55. The second-order valence-corrected chi connectivity index (χ2v) is 9.20. The van der Waals surface area contributed by atoms with E-state index in [0.29, 0.717) is 12.5 Å². The summed E-state index contributed by atoms with van der Waals surface area (Å²) in [4.78, 5) is 0. The smallest absolute Gasteiger partial charge is 0.209 e. The lowest BCUT2D eigenvalue weighted by atomic mass is 9.85. The van der Waals surface area contributed by atoms with Crippen LogP contribution >= 0.6 is 0 Å². The molecule has 0 unspecified atom stereocenters. The highest BCUT2D eigenvalue weighted by Gasteiger charge is 2.29. The summed E-state index contributed by atoms with van der Waals surface area (Å²) in [5.74, 6) is 0.536. The first-order chi connectivity index (χ1) is 11.9. The highest BCUT2D eigenvalue weighted by Crippen LogP contribution is 2.33. The van der Waals surface area contributed by atoms with Crippen LogP contribution in [0.3, 0.4) is 0 Å². The number of ether oxygens (including phenoxy) is 1. The van der Waals surface area contributed by atoms with Gasteiger partial charge < -0.3 is 10.1 Å². The highest BCUT2D eigenvalue weighted by atomic mass is 32.2. The molecule has 7 nitrogen and oxygen atoms in total. The number of rotatable bonds is 6. The lowest BCUT2D eigenvalue weighted by molar-refractivity contribution is 0.00502. The fourth-order valence-electron chi connectivity index (χ4n) is 3.96. The van der Waals surface area contributed by atoms with E-state index in [9.17, 15) is 8.42 Å². The zero-order chi connectivity index (χ0) is 17.9. The molecule has 3 rings (SSSR count). The molecule has 0 radical (unpaired) electrons. The van der Waals surface area contributed by atoms with Gasteiger partial charge in [-0.25, -0.2) is 13.1 Å². The van der Waals surface area contributed by atoms with E-state index in [1.54, 1.807) is 0 Å². The Morgan fingerprint density at radius 1 is 1.32 bits per heavy atom. The number of aryl methyl sites for hydroxylation is 1. The maximum absolute atomic E-state index is 11.5. The molecular weight excluding hydrogens is 340 g/mol. The molecule has 0 amide bonds. The number of nitrogens with one attached hydrogen (secondary N) is 2. The first-order valence-corrected chi connectivity index (χ1v) is 11.1. The molecule has 8 heteroatoms. The lowest BCUT2D eigenvalue weighted by Gasteiger charge is -2.34. The Morgan fingerprint density at radius 3 is 2.72 bits per heavy atom. The van der Waals surface area contributed by atoms with E-state index < -0.39 is 10.0 Å². The van der Waals surface area contributed by atoms with Crippen LogP contribution in [0.15, 0.2) is 12.3 Å². The van der Waals surface area contributed by atoms with Gasteiger partial charge in [0, 0.05) is 31.2 Å². The molecule has 142 valence electrons. The summed E-state index contributed by atoms with van der Waals surface area (Å²) in [6.07, 6.45) is 9.62. The van der Waals surface area contributed by atoms with Crippen LogP contribution in [0.25, 0.3) is 0 Å². The van der Waals surface area contributed by atoms with E-state index in [1.165, 1.54) is 11.9 Å². The van der Waals surface area contributed by atoms with E-state index in [2.05, 4.69) is 21.2 Å². The normalized spacial score (nSPS) is 31.1. The molecule has 1 saturated carbocycles. The molecule has 2 fully saturated rings. The third-order valence-corrected chi connectivity index (χ3v) is 6.02. The Labute approximate surface area is 150 Å². The molecule has 0 bridgehead atoms. The standard InChI is InChI=1S/C17H30N4O3S/c1-21-11-9-15(19-21)13-5-7-14(8-6-13)24-12-17-16(4-3-10-18-17)20-25(2,22)23/h9,11,13-14,16-18,20H,3-8,10,12H2,1-2H3/t13-,14+,16-,17-/m0/s1. The monoisotopic (exact) mass is 370 g/mol. The molecule has 0 spiro atoms. The first kappa shape index (κ1) is 18.8. The molecule has 1 aromatic rings. The number of aromatic nitrogens is 2. The van der Waals surface area contributed by atoms with E-state index in [0.717, 1.165) is 45.1 Å². The SMILES string of the molecule is Cn1ccc([C@H]2CC[C@@H](OC[C@@H]3NCCC[C@@H]3NS(C)(=O)=O)CC2)n1. The third-order valence-electron chi connectivity index (χ3n) is 5.29. The van der Waals surface area contributed by atoms with Crippen molar-refractivity contribution >= 4 is 10.0 Å². The zero-order valence-corrected chi connectivity index (χ0v) is 16.0. The third kappa shape index (κ3) is 5.51. The zero-order valence-electron chi connectivity index (χ0n) is 15.1. The van der Waals surface area contributed by atoms with Gasteiger partial charge in [-0.15, -0.1) is 0 Å². The molecule has 2 N–H and O–H groups in total. The van der Waals surface area contributed by atoms with Gasteiger partial charge >= 0.3 is 0 Å². The minimum absolute atomic E-state index is 0.0528. The van der Waals surface area contributed by atoms with Gasteiger partial charge in [0.25, 0.3) is 0 Å². The first-order valence-electron chi connectivity index (χ1n) is 9.22. The van der Waals surface area contributed by atoms with E-state index in [4.69, 9.17) is 4.74 Å². The van der Waals surface area contributed by atoms with Gasteiger partial charge in [0.2, 0.25) is 10.0 Å². The van der Waals surface area contributed by atoms with Gasteiger partial charge in [0.05, 0.1) is 24.7 Å². The van der Waals surface area contributed by atoms with E-state index in [-0.39, 0.29) is 18.2 Å². The van der Waals surface area contributed by atoms with Crippen molar-refractivity contribution in [1.29, 1.82) is 0 Å². The minimum Gasteiger partial charge on any atom is -0.377 e. The average molecular weight is 371 g/mol. The van der Waals surface area contributed by atoms with E-state index in [1.807, 2.05) is 17.9 Å². The summed E-state index contributed by atoms with van der Waals surface area (Å²) in [6.45, 7) is 1.48. The van der Waals surface area contributed by atoms with Gasteiger partial charge in [-0.3, -0.25) is 4.68 Å². The number of hydrogen-bond acceptors (Lipinski definition) is 5. The van der Waals surface area contributed by atoms with Crippen LogP contribution in [-0.4, -0.2) is 55.8 Å². The van der Waals surface area contributed by atoms with Crippen molar-refractivity contribution in [2.45, 2.75) is 62.6 Å². The van der Waals surface area contributed by atoms with Crippen molar-refractivity contribution < 1.29 is 13.2 Å². The summed E-state index contributed by atoms with van der Waals surface area (Å²) in [7, 11) is -1.24. The summed E-state index contributed by atoms with van der Waals surface area (Å²) in [5, 5.41) is 7.93. The van der Waals surface area contributed by atoms with Crippen molar-refractivity contribution in [3.05, 3.63) is 18.0 Å². The fourth-order valence-corrected chi connectivity index (χ4v) is 4.79. The fraction of sp³-hybridized carbons (Fsp3) is 0.824. The molecule has 2 atom stereocenters. The highest BCUT2D eigenvalue weighted by molar-refractivity contribution is 7.88. The van der Waals surface area contributed by atoms with Gasteiger partial charge in [-0.2, -0.15) is 5.10 Å². The number of nitrogens with zero attached hydrogens (tertiary/aromatic N) is 2. The molecule has 1 aromatic heterocycles. The molecular formula is C17H30N4O3S. The Balaban J connectivity index is 1.45. The number of sulfonamides is 1. The molecule has 1 saturated heterocycles. The summed E-state index contributed by atoms with van der Waals surface area (Å²) in [6, 6.07) is 2.09. The van der Waals surface area contributed by atoms with Gasteiger partial charge in [-0.1, -0.05) is 0 Å². The minimum atomic E-state index is -3.19. The van der Waals surface area contributed by atoms with Crippen molar-refractivity contribution in [1.82, 2.24) is 19.8 Å². The van der Waals surface area contributed by atoms with Crippen molar-refractivity contribution in [2.24, 2.45) is 7.05 Å². The van der Waals surface area contributed by atoms with Crippen molar-refractivity contribution in [2.75, 3.05) is 19.4 Å². The second kappa shape index (κ2) is 8.16. The Morgan fingerprint density at radius 2 is 2.08 bits per heavy atom. The predicted molar refractivity (Wildman–Crippen MR) is 96.9 cm³/mol. The Bertz CT molecular complexity index is 653. The second-order valence-electron chi connectivity index (χ2n) is 7.42. The average Bonchev–Trinajstić information content (AvgIpc) is 3.00. The van der Waals surface area contributed by atoms with Crippen molar-refractivity contribution in [3.8, 4) is 0 Å². The van der Waals surface area contributed by atoms with Crippen LogP contribution in [0, 0.1) is 0 Å². The molecule has 25 heavy (non-hydrogen) atoms. The topological polar surface area (TPSA) is 85.2 Å². The number of piperidine rings is 1. The summed E-state index contributed by atoms with van der Waals surface area (Å²) >= 11 is 0. The maximum atomic E-state index is 11.5. The predicted octanol–water partition coefficient (Wildman–Crippen LogP) is 1.13. The van der Waals surface area contributed by atoms with Crippen LogP contribution in [0.1, 0.15) is 50.1 Å². The van der Waals surface area contributed by atoms with Crippen LogP contribution in [0.5, 0.6) is 0 Å². The van der Waals surface area contributed by atoms with Crippen LogP contribution in [0.2, 0.25) is 0 Å². The van der Waals surface area contributed by atoms with Crippen LogP contribution < -0.4 is 10.0 Å². The molecule has 2 heterocycles. The Hall–Kier alpha value is -0.960. The van der Waals surface area contributed by atoms with Crippen LogP contribution in [-0.2, 0) is 21.8 Å². The van der Waals surface area contributed by atoms with E-state index >= 15 is 0 Å².